The lowest BCUT2D eigenvalue weighted by molar-refractivity contribution is 0.475. The van der Waals surface area contributed by atoms with Crippen LogP contribution in [0.2, 0.25) is 5.02 Å². The highest BCUT2D eigenvalue weighted by atomic mass is 35.5. The Labute approximate surface area is 106 Å². The van der Waals surface area contributed by atoms with E-state index in [0.29, 0.717) is 6.54 Å². The van der Waals surface area contributed by atoms with E-state index in [1.165, 1.54) is 18.5 Å². The molecule has 4 nitrogen and oxygen atoms in total. The predicted molar refractivity (Wildman–Crippen MR) is 66.4 cm³/mol. The summed E-state index contributed by atoms with van der Waals surface area (Å²) in [6.07, 6.45) is 5.92. The van der Waals surface area contributed by atoms with Crippen molar-refractivity contribution in [2.75, 3.05) is 6.54 Å². The highest BCUT2D eigenvalue weighted by Crippen LogP contribution is 2.48. The van der Waals surface area contributed by atoms with Gasteiger partial charge < -0.3 is 0 Å². The van der Waals surface area contributed by atoms with Gasteiger partial charge in [0.25, 0.3) is 0 Å². The number of hydrogen-bond acceptors (Lipinski definition) is 3. The van der Waals surface area contributed by atoms with Crippen molar-refractivity contribution in [1.29, 1.82) is 0 Å². The van der Waals surface area contributed by atoms with E-state index in [1.54, 1.807) is 0 Å². The Morgan fingerprint density at radius 2 is 2.24 bits per heavy atom. The number of rotatable bonds is 5. The topological polar surface area (TPSA) is 59.1 Å². The summed E-state index contributed by atoms with van der Waals surface area (Å²) in [7, 11) is -3.54. The molecule has 0 aliphatic heterocycles. The van der Waals surface area contributed by atoms with Crippen LogP contribution in [-0.4, -0.2) is 19.9 Å². The van der Waals surface area contributed by atoms with Gasteiger partial charge in [-0.3, -0.25) is 4.98 Å². The Kier molecular flexibility index (Phi) is 3.43. The summed E-state index contributed by atoms with van der Waals surface area (Å²) in [5.74, 6) is 0. The first-order valence-corrected chi connectivity index (χ1v) is 7.44. The van der Waals surface area contributed by atoms with Crippen molar-refractivity contribution in [1.82, 2.24) is 9.71 Å². The maximum absolute atomic E-state index is 12.0. The van der Waals surface area contributed by atoms with Crippen LogP contribution in [0.25, 0.3) is 0 Å². The zero-order valence-corrected chi connectivity index (χ0v) is 11.2. The minimum atomic E-state index is -3.54. The molecule has 6 heteroatoms. The number of nitrogens with zero attached hydrogens (tertiary/aromatic N) is 1. The van der Waals surface area contributed by atoms with Crippen molar-refractivity contribution in [2.45, 2.75) is 31.1 Å². The van der Waals surface area contributed by atoms with Gasteiger partial charge in [0, 0.05) is 18.9 Å². The third kappa shape index (κ3) is 2.78. The fourth-order valence-electron chi connectivity index (χ4n) is 1.72. The van der Waals surface area contributed by atoms with E-state index in [1.807, 2.05) is 0 Å². The third-order valence-corrected chi connectivity index (χ3v) is 5.24. The van der Waals surface area contributed by atoms with Gasteiger partial charge in [0.2, 0.25) is 10.0 Å². The average molecular weight is 275 g/mol. The summed E-state index contributed by atoms with van der Waals surface area (Å²) in [5, 5.41) is 0.203. The normalized spacial score (nSPS) is 18.0. The summed E-state index contributed by atoms with van der Waals surface area (Å²) in [4.78, 5) is 3.84. The Bertz CT molecular complexity index is 512. The van der Waals surface area contributed by atoms with Crippen LogP contribution in [0.3, 0.4) is 0 Å². The molecular weight excluding hydrogens is 260 g/mol. The van der Waals surface area contributed by atoms with Gasteiger partial charge in [0.15, 0.2) is 0 Å². The Balaban J connectivity index is 2.12. The second-order valence-electron chi connectivity index (χ2n) is 4.48. The summed E-state index contributed by atoms with van der Waals surface area (Å²) < 4.78 is 26.6. The molecule has 0 bridgehead atoms. The zero-order chi connectivity index (χ0) is 12.5. The van der Waals surface area contributed by atoms with E-state index in [0.717, 1.165) is 19.3 Å². The zero-order valence-electron chi connectivity index (χ0n) is 9.61. The molecule has 1 N–H and O–H groups in total. The Morgan fingerprint density at radius 1 is 1.53 bits per heavy atom. The van der Waals surface area contributed by atoms with E-state index in [4.69, 9.17) is 11.6 Å². The smallest absolute Gasteiger partial charge is 0.243 e. The summed E-state index contributed by atoms with van der Waals surface area (Å²) in [6, 6.07) is 1.48. The highest BCUT2D eigenvalue weighted by molar-refractivity contribution is 7.89. The van der Waals surface area contributed by atoms with Crippen LogP contribution in [0.1, 0.15) is 26.2 Å². The quantitative estimate of drug-likeness (QED) is 0.895. The lowest BCUT2D eigenvalue weighted by atomic mass is 10.1. The molecule has 0 atom stereocenters. The monoisotopic (exact) mass is 274 g/mol. The molecule has 2 rings (SSSR count). The minimum absolute atomic E-state index is 0.0496. The van der Waals surface area contributed by atoms with Crippen molar-refractivity contribution < 1.29 is 8.42 Å². The molecule has 0 unspecified atom stereocenters. The molecule has 1 aromatic rings. The van der Waals surface area contributed by atoms with Gasteiger partial charge in [-0.15, -0.1) is 0 Å². The number of halogens is 1. The van der Waals surface area contributed by atoms with E-state index in [9.17, 15) is 8.42 Å². The van der Waals surface area contributed by atoms with Crippen molar-refractivity contribution in [3.05, 3.63) is 23.5 Å². The Hall–Kier alpha value is -0.650. The van der Waals surface area contributed by atoms with Crippen LogP contribution in [0, 0.1) is 5.41 Å². The lowest BCUT2D eigenvalue weighted by Gasteiger charge is -2.14. The largest absolute Gasteiger partial charge is 0.263 e. The summed E-state index contributed by atoms with van der Waals surface area (Å²) in [5.41, 5.74) is 0.168. The van der Waals surface area contributed by atoms with Gasteiger partial charge in [-0.2, -0.15) is 0 Å². The minimum Gasteiger partial charge on any atom is -0.263 e. The van der Waals surface area contributed by atoms with Gasteiger partial charge in [0.05, 0.1) is 5.02 Å². The molecule has 94 valence electrons. The van der Waals surface area contributed by atoms with E-state index < -0.39 is 10.0 Å². The molecule has 17 heavy (non-hydrogen) atoms. The van der Waals surface area contributed by atoms with Crippen LogP contribution in [0.4, 0.5) is 0 Å². The van der Waals surface area contributed by atoms with Gasteiger partial charge in [-0.05, 0) is 30.7 Å². The molecule has 0 saturated heterocycles. The molecular formula is C11H15ClN2O2S. The van der Waals surface area contributed by atoms with E-state index in [-0.39, 0.29) is 15.3 Å². The first-order valence-electron chi connectivity index (χ1n) is 5.58. The van der Waals surface area contributed by atoms with Crippen molar-refractivity contribution in [2.24, 2.45) is 5.41 Å². The SMILES string of the molecule is CCC1(CNS(=O)(=O)c2cnccc2Cl)CC1. The molecule has 1 heterocycles. The predicted octanol–water partition coefficient (Wildman–Crippen LogP) is 2.20. The van der Waals surface area contributed by atoms with Crippen LogP contribution in [0.15, 0.2) is 23.4 Å². The molecule has 1 aromatic heterocycles. The lowest BCUT2D eigenvalue weighted by Crippen LogP contribution is -2.30. The Morgan fingerprint density at radius 3 is 2.76 bits per heavy atom. The van der Waals surface area contributed by atoms with Gasteiger partial charge >= 0.3 is 0 Å². The number of pyridine rings is 1. The van der Waals surface area contributed by atoms with Crippen molar-refractivity contribution in [3.63, 3.8) is 0 Å². The fourth-order valence-corrected chi connectivity index (χ4v) is 3.30. The van der Waals surface area contributed by atoms with Gasteiger partial charge in [-0.1, -0.05) is 18.5 Å². The summed E-state index contributed by atoms with van der Waals surface area (Å²) in [6.45, 7) is 2.56. The maximum atomic E-state index is 12.0. The maximum Gasteiger partial charge on any atom is 0.243 e. The molecule has 0 spiro atoms. The van der Waals surface area contributed by atoms with Gasteiger partial charge in [-0.25, -0.2) is 13.1 Å². The molecule has 1 fully saturated rings. The van der Waals surface area contributed by atoms with E-state index in [2.05, 4.69) is 16.6 Å². The second-order valence-corrected chi connectivity index (χ2v) is 6.63. The number of sulfonamides is 1. The molecule has 0 radical (unpaired) electrons. The van der Waals surface area contributed by atoms with Crippen molar-refractivity contribution >= 4 is 21.6 Å². The van der Waals surface area contributed by atoms with E-state index >= 15 is 0 Å². The first-order chi connectivity index (χ1) is 7.99. The second kappa shape index (κ2) is 4.55. The molecule has 1 saturated carbocycles. The van der Waals surface area contributed by atoms with Crippen LogP contribution in [0.5, 0.6) is 0 Å². The number of hydrogen-bond donors (Lipinski definition) is 1. The van der Waals surface area contributed by atoms with Gasteiger partial charge in [0.1, 0.15) is 4.90 Å². The summed E-state index contributed by atoms with van der Waals surface area (Å²) >= 11 is 5.85. The van der Waals surface area contributed by atoms with Crippen LogP contribution in [-0.2, 0) is 10.0 Å². The third-order valence-electron chi connectivity index (χ3n) is 3.37. The fraction of sp³-hybridized carbons (Fsp3) is 0.545. The number of aromatic nitrogens is 1. The standard InChI is InChI=1S/C11H15ClN2O2S/c1-2-11(4-5-11)8-14-17(15,16)10-7-13-6-3-9(10)12/h3,6-7,14H,2,4-5,8H2,1H3. The van der Waals surface area contributed by atoms with Crippen molar-refractivity contribution in [3.8, 4) is 0 Å². The number of nitrogens with one attached hydrogen (secondary N) is 1. The van der Waals surface area contributed by atoms with Crippen LogP contribution >= 0.6 is 11.6 Å². The molecule has 0 amide bonds. The molecule has 1 aliphatic carbocycles. The first kappa shape index (κ1) is 12.8. The molecule has 0 aromatic carbocycles. The average Bonchev–Trinajstić information content (AvgIpc) is 3.08. The highest BCUT2D eigenvalue weighted by Gasteiger charge is 2.41. The molecule has 1 aliphatic rings. The van der Waals surface area contributed by atoms with Crippen LogP contribution < -0.4 is 4.72 Å².